The Kier molecular flexibility index (Phi) is 4.61. The molecule has 0 radical (unpaired) electrons. The van der Waals surface area contributed by atoms with Crippen LogP contribution in [0.1, 0.15) is 43.9 Å². The van der Waals surface area contributed by atoms with E-state index < -0.39 is 0 Å². The van der Waals surface area contributed by atoms with Gasteiger partial charge in [0.05, 0.1) is 6.04 Å². The van der Waals surface area contributed by atoms with Crippen LogP contribution in [-0.2, 0) is 0 Å². The molecule has 1 aromatic heterocycles. The maximum atomic E-state index is 6.02. The highest BCUT2D eigenvalue weighted by atomic mass is 16.3. The molecular weight excluding hydrogens is 260 g/mol. The molecule has 1 heterocycles. The zero-order valence-corrected chi connectivity index (χ0v) is 13.1. The summed E-state index contributed by atoms with van der Waals surface area (Å²) in [6.45, 7) is 1.00. The van der Waals surface area contributed by atoms with Gasteiger partial charge in [0.25, 0.3) is 0 Å². The molecule has 1 N–H and O–H groups in total. The third kappa shape index (κ3) is 3.30. The van der Waals surface area contributed by atoms with Crippen molar-refractivity contribution >= 4 is 11.0 Å². The van der Waals surface area contributed by atoms with Crippen LogP contribution >= 0.6 is 0 Å². The van der Waals surface area contributed by atoms with E-state index in [1.807, 2.05) is 19.2 Å². The summed E-state index contributed by atoms with van der Waals surface area (Å²) in [7, 11) is 4.27. The molecule has 1 saturated carbocycles. The van der Waals surface area contributed by atoms with Gasteiger partial charge in [-0.1, -0.05) is 37.5 Å². The van der Waals surface area contributed by atoms with Crippen LogP contribution in [0.4, 0.5) is 0 Å². The molecule has 1 aromatic carbocycles. The lowest BCUT2D eigenvalue weighted by molar-refractivity contribution is 0.171. The van der Waals surface area contributed by atoms with Crippen molar-refractivity contribution < 1.29 is 4.42 Å². The summed E-state index contributed by atoms with van der Waals surface area (Å²) in [6.07, 6.45) is 6.84. The van der Waals surface area contributed by atoms with Crippen LogP contribution in [0.25, 0.3) is 11.0 Å². The van der Waals surface area contributed by atoms with Gasteiger partial charge in [-0.05, 0) is 39.1 Å². The molecule has 0 bridgehead atoms. The van der Waals surface area contributed by atoms with Gasteiger partial charge in [0.2, 0.25) is 0 Å². The number of nitrogens with zero attached hydrogens (tertiary/aromatic N) is 1. The molecule has 3 heteroatoms. The number of rotatable bonds is 5. The minimum atomic E-state index is 0.254. The van der Waals surface area contributed by atoms with Gasteiger partial charge in [0.1, 0.15) is 11.3 Å². The van der Waals surface area contributed by atoms with Crippen LogP contribution in [0.5, 0.6) is 0 Å². The number of likely N-dealkylation sites (N-methyl/N-ethyl adjacent to an activating group) is 2. The first kappa shape index (κ1) is 14.6. The molecule has 0 amide bonds. The molecule has 3 nitrogen and oxygen atoms in total. The Morgan fingerprint density at radius 1 is 1.24 bits per heavy atom. The van der Waals surface area contributed by atoms with Crippen molar-refractivity contribution in [1.29, 1.82) is 0 Å². The van der Waals surface area contributed by atoms with E-state index in [-0.39, 0.29) is 6.04 Å². The van der Waals surface area contributed by atoms with Gasteiger partial charge in [0, 0.05) is 18.0 Å². The summed E-state index contributed by atoms with van der Waals surface area (Å²) in [5.41, 5.74) is 0.980. The molecule has 1 fully saturated rings. The molecule has 0 aliphatic heterocycles. The minimum Gasteiger partial charge on any atom is -0.459 e. The lowest BCUT2D eigenvalue weighted by atomic mass is 9.94. The van der Waals surface area contributed by atoms with Crippen LogP contribution in [-0.4, -0.2) is 31.6 Å². The van der Waals surface area contributed by atoms with Crippen LogP contribution in [0.2, 0.25) is 0 Å². The number of hydrogen-bond acceptors (Lipinski definition) is 3. The van der Waals surface area contributed by atoms with Gasteiger partial charge in [-0.15, -0.1) is 0 Å². The molecule has 2 aromatic rings. The Morgan fingerprint density at radius 2 is 2.00 bits per heavy atom. The first-order valence-corrected chi connectivity index (χ1v) is 8.14. The Balaban J connectivity index is 1.71. The van der Waals surface area contributed by atoms with Gasteiger partial charge >= 0.3 is 0 Å². The summed E-state index contributed by atoms with van der Waals surface area (Å²) < 4.78 is 6.02. The summed E-state index contributed by atoms with van der Waals surface area (Å²) in [5.74, 6) is 1.04. The Bertz CT molecular complexity index is 538. The van der Waals surface area contributed by atoms with E-state index in [1.54, 1.807) is 0 Å². The third-order valence-electron chi connectivity index (χ3n) is 4.81. The van der Waals surface area contributed by atoms with Gasteiger partial charge in [-0.3, -0.25) is 0 Å². The normalized spacial score (nSPS) is 18.4. The molecule has 3 rings (SSSR count). The number of fused-ring (bicyclic) bond motifs is 1. The van der Waals surface area contributed by atoms with Crippen molar-refractivity contribution in [3.63, 3.8) is 0 Å². The van der Waals surface area contributed by atoms with Crippen LogP contribution in [0.15, 0.2) is 34.7 Å². The monoisotopic (exact) mass is 286 g/mol. The van der Waals surface area contributed by atoms with Crippen LogP contribution < -0.4 is 5.32 Å². The maximum absolute atomic E-state index is 6.02. The molecule has 21 heavy (non-hydrogen) atoms. The molecule has 114 valence electrons. The van der Waals surface area contributed by atoms with Gasteiger partial charge in [-0.25, -0.2) is 0 Å². The minimum absolute atomic E-state index is 0.254. The lowest BCUT2D eigenvalue weighted by Gasteiger charge is -2.33. The molecular formula is C18H26N2O. The fourth-order valence-electron chi connectivity index (χ4n) is 3.46. The fraction of sp³-hybridized carbons (Fsp3) is 0.556. The Hall–Kier alpha value is -1.32. The van der Waals surface area contributed by atoms with E-state index in [4.69, 9.17) is 4.42 Å². The number of benzene rings is 1. The Labute approximate surface area is 127 Å². The van der Waals surface area contributed by atoms with Crippen molar-refractivity contribution in [2.24, 2.45) is 0 Å². The molecule has 0 saturated heterocycles. The zero-order chi connectivity index (χ0) is 14.7. The van der Waals surface area contributed by atoms with Gasteiger partial charge < -0.3 is 14.6 Å². The van der Waals surface area contributed by atoms with Crippen LogP contribution in [0, 0.1) is 0 Å². The predicted molar refractivity (Wildman–Crippen MR) is 87.5 cm³/mol. The smallest absolute Gasteiger partial charge is 0.134 e. The van der Waals surface area contributed by atoms with Crippen molar-refractivity contribution in [2.75, 3.05) is 20.6 Å². The van der Waals surface area contributed by atoms with E-state index in [0.29, 0.717) is 0 Å². The number of furan rings is 1. The maximum Gasteiger partial charge on any atom is 0.134 e. The highest BCUT2D eigenvalue weighted by Gasteiger charge is 2.22. The first-order valence-electron chi connectivity index (χ1n) is 8.14. The second-order valence-electron chi connectivity index (χ2n) is 6.26. The number of hydrogen-bond donors (Lipinski definition) is 1. The van der Waals surface area contributed by atoms with Crippen molar-refractivity contribution in [2.45, 2.75) is 44.2 Å². The summed E-state index contributed by atoms with van der Waals surface area (Å²) in [5, 5.41) is 4.60. The van der Waals surface area contributed by atoms with E-state index in [1.165, 1.54) is 37.5 Å². The van der Waals surface area contributed by atoms with Crippen molar-refractivity contribution in [3.8, 4) is 0 Å². The largest absolute Gasteiger partial charge is 0.459 e. The predicted octanol–water partition coefficient (Wildman–Crippen LogP) is 3.96. The fourth-order valence-corrected chi connectivity index (χ4v) is 3.46. The van der Waals surface area contributed by atoms with E-state index in [9.17, 15) is 0 Å². The zero-order valence-electron chi connectivity index (χ0n) is 13.1. The van der Waals surface area contributed by atoms with E-state index >= 15 is 0 Å². The SMILES string of the molecule is CNC(CN(C)C1CCCCC1)c1cc2ccccc2o1. The molecule has 1 aliphatic carbocycles. The average molecular weight is 286 g/mol. The second kappa shape index (κ2) is 6.63. The topological polar surface area (TPSA) is 28.4 Å². The standard InChI is InChI=1S/C18H26N2O/c1-19-16(13-20(2)15-9-4-3-5-10-15)18-12-14-8-6-7-11-17(14)21-18/h6-8,11-12,15-16,19H,3-5,9-10,13H2,1-2H3. The van der Waals surface area contributed by atoms with Crippen molar-refractivity contribution in [1.82, 2.24) is 10.2 Å². The molecule has 1 aliphatic rings. The molecule has 1 atom stereocenters. The Morgan fingerprint density at radius 3 is 2.71 bits per heavy atom. The highest BCUT2D eigenvalue weighted by Crippen LogP contribution is 2.26. The molecule has 0 spiro atoms. The quantitative estimate of drug-likeness (QED) is 0.902. The third-order valence-corrected chi connectivity index (χ3v) is 4.81. The number of para-hydroxylation sites is 1. The summed E-state index contributed by atoms with van der Waals surface area (Å²) in [6, 6.07) is 11.4. The molecule has 1 unspecified atom stereocenters. The van der Waals surface area contributed by atoms with Gasteiger partial charge in [-0.2, -0.15) is 0 Å². The highest BCUT2D eigenvalue weighted by molar-refractivity contribution is 5.77. The van der Waals surface area contributed by atoms with E-state index in [0.717, 1.165) is 23.9 Å². The van der Waals surface area contributed by atoms with Crippen LogP contribution in [0.3, 0.4) is 0 Å². The van der Waals surface area contributed by atoms with Gasteiger partial charge in [0.15, 0.2) is 0 Å². The number of nitrogens with one attached hydrogen (secondary N) is 1. The summed E-state index contributed by atoms with van der Waals surface area (Å²) >= 11 is 0. The second-order valence-corrected chi connectivity index (χ2v) is 6.26. The average Bonchev–Trinajstić information content (AvgIpc) is 2.97. The van der Waals surface area contributed by atoms with E-state index in [2.05, 4.69) is 35.5 Å². The summed E-state index contributed by atoms with van der Waals surface area (Å²) in [4.78, 5) is 2.51. The first-order chi connectivity index (χ1) is 10.3. The van der Waals surface area contributed by atoms with Crippen molar-refractivity contribution in [3.05, 3.63) is 36.1 Å². The lowest BCUT2D eigenvalue weighted by Crippen LogP contribution is -2.39.